The van der Waals surface area contributed by atoms with Crippen LogP contribution in [0.25, 0.3) is 0 Å². The second kappa shape index (κ2) is 8.01. The Kier molecular flexibility index (Phi) is 5.72. The van der Waals surface area contributed by atoms with Gasteiger partial charge in [0.15, 0.2) is 5.78 Å². The van der Waals surface area contributed by atoms with Gasteiger partial charge in [-0.2, -0.15) is 0 Å². The van der Waals surface area contributed by atoms with Gasteiger partial charge in [-0.25, -0.2) is 0 Å². The summed E-state index contributed by atoms with van der Waals surface area (Å²) in [5.74, 6) is 0.889. The molecule has 1 fully saturated rings. The number of methoxy groups -OCH3 is 1. The van der Waals surface area contributed by atoms with Gasteiger partial charge in [-0.3, -0.25) is 14.9 Å². The number of aromatic nitrogens is 1. The summed E-state index contributed by atoms with van der Waals surface area (Å²) in [6.07, 6.45) is 1.61. The fourth-order valence-corrected chi connectivity index (χ4v) is 5.61. The van der Waals surface area contributed by atoms with E-state index in [0.29, 0.717) is 18.7 Å². The molecule has 2 aliphatic heterocycles. The molecular formula is C27H37N3O3. The summed E-state index contributed by atoms with van der Waals surface area (Å²) in [4.78, 5) is 27.5. The Morgan fingerprint density at radius 2 is 1.73 bits per heavy atom. The van der Waals surface area contributed by atoms with E-state index in [-0.39, 0.29) is 28.2 Å². The van der Waals surface area contributed by atoms with E-state index >= 15 is 0 Å². The highest BCUT2D eigenvalue weighted by molar-refractivity contribution is 5.95. The van der Waals surface area contributed by atoms with Crippen molar-refractivity contribution >= 4 is 11.7 Å². The third-order valence-corrected chi connectivity index (χ3v) is 7.12. The lowest BCUT2D eigenvalue weighted by molar-refractivity contribution is 0.0519. The number of ether oxygens (including phenoxy) is 1. The third kappa shape index (κ3) is 4.21. The van der Waals surface area contributed by atoms with Crippen LogP contribution in [0.5, 0.6) is 5.75 Å². The molecule has 1 amide bonds. The van der Waals surface area contributed by atoms with Crippen molar-refractivity contribution in [2.24, 2.45) is 0 Å². The molecule has 0 saturated carbocycles. The van der Waals surface area contributed by atoms with Gasteiger partial charge in [-0.05, 0) is 61.9 Å². The van der Waals surface area contributed by atoms with Crippen molar-refractivity contribution in [3.05, 3.63) is 52.8 Å². The molecular weight excluding hydrogens is 414 g/mol. The van der Waals surface area contributed by atoms with Crippen LogP contribution in [0.2, 0.25) is 0 Å². The molecule has 1 saturated heterocycles. The zero-order valence-corrected chi connectivity index (χ0v) is 21.0. The van der Waals surface area contributed by atoms with Crippen molar-refractivity contribution in [1.82, 2.24) is 14.8 Å². The molecule has 2 aromatic rings. The summed E-state index contributed by atoms with van der Waals surface area (Å²) in [5.41, 5.74) is 3.25. The third-order valence-electron chi connectivity index (χ3n) is 7.12. The maximum Gasteiger partial charge on any atom is 0.253 e. The average molecular weight is 452 g/mol. The molecule has 0 radical (unpaired) electrons. The SMILES string of the molecule is COc1cc(C(=O)N2CCC3(CC2)NC(C)(C)Cn2c(C(C)=O)ccc23)ccc1C(C)(C)C. The van der Waals surface area contributed by atoms with E-state index in [0.717, 1.165) is 42.1 Å². The number of piperidine rings is 1. The van der Waals surface area contributed by atoms with Crippen molar-refractivity contribution in [1.29, 1.82) is 0 Å². The zero-order valence-electron chi connectivity index (χ0n) is 21.0. The van der Waals surface area contributed by atoms with Gasteiger partial charge in [0.05, 0.1) is 18.3 Å². The van der Waals surface area contributed by atoms with E-state index in [1.165, 1.54) is 0 Å². The molecule has 0 atom stereocenters. The largest absolute Gasteiger partial charge is 0.496 e. The Balaban J connectivity index is 1.57. The smallest absolute Gasteiger partial charge is 0.253 e. The zero-order chi connectivity index (χ0) is 24.2. The first-order valence-corrected chi connectivity index (χ1v) is 11.8. The second-order valence-electron chi connectivity index (χ2n) is 11.3. The van der Waals surface area contributed by atoms with Crippen LogP contribution in [0, 0.1) is 0 Å². The number of Topliss-reactive ketones (excluding diaryl/α,β-unsaturated/α-hetero) is 1. The molecule has 6 nitrogen and oxygen atoms in total. The first-order chi connectivity index (χ1) is 15.4. The lowest BCUT2D eigenvalue weighted by Gasteiger charge is -2.51. The number of hydrogen-bond donors (Lipinski definition) is 1. The maximum atomic E-state index is 13.4. The number of benzene rings is 1. The summed E-state index contributed by atoms with van der Waals surface area (Å²) >= 11 is 0. The van der Waals surface area contributed by atoms with Gasteiger partial charge in [0.1, 0.15) is 5.75 Å². The standard InChI is InChI=1S/C27H37N3O3/c1-18(31)21-10-11-23-27(28-26(5,6)17-30(21)23)12-14-29(15-13-27)24(32)19-8-9-20(25(2,3)4)22(16-19)33-7/h8-11,16,28H,12-15,17H2,1-7H3. The molecule has 3 heterocycles. The fraction of sp³-hybridized carbons (Fsp3) is 0.556. The number of rotatable bonds is 3. The fourth-order valence-electron chi connectivity index (χ4n) is 5.61. The number of nitrogens with zero attached hydrogens (tertiary/aromatic N) is 2. The van der Waals surface area contributed by atoms with E-state index in [4.69, 9.17) is 4.74 Å². The summed E-state index contributed by atoms with van der Waals surface area (Å²) in [5, 5.41) is 3.87. The van der Waals surface area contributed by atoms with Crippen LogP contribution < -0.4 is 10.1 Å². The monoisotopic (exact) mass is 451 g/mol. The Labute approximate surface area is 197 Å². The summed E-state index contributed by atoms with van der Waals surface area (Å²) in [6, 6.07) is 9.84. The van der Waals surface area contributed by atoms with Gasteiger partial charge in [0, 0.05) is 43.4 Å². The van der Waals surface area contributed by atoms with Crippen LogP contribution in [0.3, 0.4) is 0 Å². The number of carbonyl (C=O) groups is 2. The summed E-state index contributed by atoms with van der Waals surface area (Å²) < 4.78 is 7.80. The molecule has 33 heavy (non-hydrogen) atoms. The number of amides is 1. The highest BCUT2D eigenvalue weighted by Crippen LogP contribution is 2.40. The number of hydrogen-bond acceptors (Lipinski definition) is 4. The van der Waals surface area contributed by atoms with Gasteiger partial charge >= 0.3 is 0 Å². The molecule has 4 rings (SSSR count). The quantitative estimate of drug-likeness (QED) is 0.698. The average Bonchev–Trinajstić information content (AvgIpc) is 3.16. The topological polar surface area (TPSA) is 63.6 Å². The number of fused-ring (bicyclic) bond motifs is 2. The molecule has 1 N–H and O–H groups in total. The predicted molar refractivity (Wildman–Crippen MR) is 130 cm³/mol. The van der Waals surface area contributed by atoms with Crippen LogP contribution in [-0.4, -0.2) is 46.9 Å². The van der Waals surface area contributed by atoms with Crippen LogP contribution in [0.1, 0.15) is 86.5 Å². The minimum absolute atomic E-state index is 0.0403. The van der Waals surface area contributed by atoms with Gasteiger partial charge in [0.25, 0.3) is 5.91 Å². The number of carbonyl (C=O) groups excluding carboxylic acids is 2. The van der Waals surface area contributed by atoms with Gasteiger partial charge in [0.2, 0.25) is 0 Å². The Morgan fingerprint density at radius 1 is 1.06 bits per heavy atom. The lowest BCUT2D eigenvalue weighted by Crippen LogP contribution is -2.63. The van der Waals surface area contributed by atoms with E-state index in [2.05, 4.69) is 50.6 Å². The summed E-state index contributed by atoms with van der Waals surface area (Å²) in [7, 11) is 1.66. The number of likely N-dealkylation sites (tertiary alicyclic amines) is 1. The van der Waals surface area contributed by atoms with Crippen LogP contribution in [-0.2, 0) is 17.5 Å². The molecule has 1 spiro atoms. The molecule has 1 aromatic heterocycles. The van der Waals surface area contributed by atoms with Crippen molar-refractivity contribution in [3.8, 4) is 5.75 Å². The summed E-state index contributed by atoms with van der Waals surface area (Å²) in [6.45, 7) is 14.5. The second-order valence-corrected chi connectivity index (χ2v) is 11.3. The predicted octanol–water partition coefficient (Wildman–Crippen LogP) is 4.51. The molecule has 6 heteroatoms. The Morgan fingerprint density at radius 3 is 2.30 bits per heavy atom. The van der Waals surface area contributed by atoms with Crippen molar-refractivity contribution in [3.63, 3.8) is 0 Å². The molecule has 1 aromatic carbocycles. The highest BCUT2D eigenvalue weighted by Gasteiger charge is 2.46. The molecule has 0 aliphatic carbocycles. The van der Waals surface area contributed by atoms with E-state index < -0.39 is 0 Å². The van der Waals surface area contributed by atoms with Gasteiger partial charge in [-0.15, -0.1) is 0 Å². The Hall–Kier alpha value is -2.60. The molecule has 178 valence electrons. The van der Waals surface area contributed by atoms with Crippen LogP contribution in [0.4, 0.5) is 0 Å². The maximum absolute atomic E-state index is 13.4. The minimum atomic E-state index is -0.236. The minimum Gasteiger partial charge on any atom is -0.496 e. The number of nitrogens with one attached hydrogen (secondary N) is 1. The van der Waals surface area contributed by atoms with Crippen molar-refractivity contribution < 1.29 is 14.3 Å². The van der Waals surface area contributed by atoms with E-state index in [1.807, 2.05) is 29.2 Å². The van der Waals surface area contributed by atoms with Crippen molar-refractivity contribution in [2.45, 2.75) is 77.4 Å². The first kappa shape index (κ1) is 23.6. The van der Waals surface area contributed by atoms with Crippen molar-refractivity contribution in [2.75, 3.05) is 20.2 Å². The first-order valence-electron chi connectivity index (χ1n) is 11.8. The Bertz CT molecular complexity index is 1080. The van der Waals surface area contributed by atoms with E-state index in [9.17, 15) is 9.59 Å². The van der Waals surface area contributed by atoms with Crippen LogP contribution in [0.15, 0.2) is 30.3 Å². The molecule has 0 bridgehead atoms. The number of ketones is 1. The highest BCUT2D eigenvalue weighted by atomic mass is 16.5. The lowest BCUT2D eigenvalue weighted by atomic mass is 9.79. The van der Waals surface area contributed by atoms with Crippen LogP contribution >= 0.6 is 0 Å². The normalized spacial score (nSPS) is 19.3. The van der Waals surface area contributed by atoms with E-state index in [1.54, 1.807) is 14.0 Å². The van der Waals surface area contributed by atoms with Gasteiger partial charge in [-0.1, -0.05) is 26.8 Å². The molecule has 0 unspecified atom stereocenters. The van der Waals surface area contributed by atoms with Gasteiger partial charge < -0.3 is 14.2 Å². The molecule has 2 aliphatic rings.